The summed E-state index contributed by atoms with van der Waals surface area (Å²) in [5.41, 5.74) is 3.50. The van der Waals surface area contributed by atoms with E-state index in [-0.39, 0.29) is 46.5 Å². The summed E-state index contributed by atoms with van der Waals surface area (Å²) in [5, 5.41) is 7.13. The fourth-order valence-corrected chi connectivity index (χ4v) is 5.82. The van der Waals surface area contributed by atoms with E-state index in [4.69, 9.17) is 40.7 Å². The maximum absolute atomic E-state index is 15.7. The molecule has 2 aliphatic heterocycles. The maximum Gasteiger partial charge on any atom is 0.290 e. The van der Waals surface area contributed by atoms with Crippen LogP contribution in [-0.4, -0.2) is 33.8 Å². The summed E-state index contributed by atoms with van der Waals surface area (Å²) in [7, 11) is 0. The number of ether oxygens (including phenoxy) is 3. The predicted octanol–water partition coefficient (Wildman–Crippen LogP) is 8.83. The SMILES string of the molecule is CC.Cc1ccc2nc(Cc3c(F)cc(-c4cccc5c4OC(C)(c4ccc(Cl)cc4F)O5)cc3F)n(CC3CCO3)c2c1.O=CO. The quantitative estimate of drug-likeness (QED) is 0.182. The van der Waals surface area contributed by atoms with Gasteiger partial charge < -0.3 is 23.9 Å². The zero-order valence-corrected chi connectivity index (χ0v) is 27.1. The number of hydrogen-bond acceptors (Lipinski definition) is 5. The molecule has 2 unspecified atom stereocenters. The van der Waals surface area contributed by atoms with Crippen LogP contribution in [0, 0.1) is 24.4 Å². The van der Waals surface area contributed by atoms with Gasteiger partial charge >= 0.3 is 0 Å². The average Bonchev–Trinajstić information content (AvgIpc) is 3.54. The summed E-state index contributed by atoms with van der Waals surface area (Å²) in [6.45, 7) is 8.60. The zero-order chi connectivity index (χ0) is 33.9. The number of para-hydroxylation sites is 1. The van der Waals surface area contributed by atoms with Crippen molar-refractivity contribution in [3.8, 4) is 22.6 Å². The van der Waals surface area contributed by atoms with Crippen molar-refractivity contribution >= 4 is 29.1 Å². The molecule has 0 spiro atoms. The van der Waals surface area contributed by atoms with Crippen molar-refractivity contribution in [2.45, 2.75) is 59.0 Å². The second-order valence-electron chi connectivity index (χ2n) is 11.0. The number of halogens is 4. The summed E-state index contributed by atoms with van der Waals surface area (Å²) in [5.74, 6) is -2.34. The van der Waals surface area contributed by atoms with Gasteiger partial charge in [-0.2, -0.15) is 0 Å². The number of imidazole rings is 1. The molecule has 1 N–H and O–H groups in total. The van der Waals surface area contributed by atoms with Gasteiger partial charge in [-0.3, -0.25) is 4.79 Å². The summed E-state index contributed by atoms with van der Waals surface area (Å²) >= 11 is 5.92. The van der Waals surface area contributed by atoms with E-state index in [1.54, 1.807) is 31.2 Å². The van der Waals surface area contributed by atoms with E-state index >= 15 is 8.78 Å². The first-order chi connectivity index (χ1) is 22.6. The number of aryl methyl sites for hydroxylation is 1. The van der Waals surface area contributed by atoms with Crippen LogP contribution in [-0.2, 0) is 28.3 Å². The number of carboxylic acid groups (broad SMARTS) is 1. The van der Waals surface area contributed by atoms with Crippen molar-refractivity contribution in [2.24, 2.45) is 0 Å². The highest BCUT2D eigenvalue weighted by molar-refractivity contribution is 6.30. The minimum atomic E-state index is -1.49. The molecular weight excluding hydrogens is 633 g/mol. The van der Waals surface area contributed by atoms with E-state index in [2.05, 4.69) is 0 Å². The first-order valence-corrected chi connectivity index (χ1v) is 15.6. The van der Waals surface area contributed by atoms with Crippen LogP contribution in [0.3, 0.4) is 0 Å². The highest BCUT2D eigenvalue weighted by atomic mass is 35.5. The van der Waals surface area contributed by atoms with Gasteiger partial charge in [0.2, 0.25) is 0 Å². The fourth-order valence-electron chi connectivity index (χ4n) is 5.66. The average molecular weight is 667 g/mol. The van der Waals surface area contributed by atoms with Gasteiger partial charge in [0.05, 0.1) is 29.2 Å². The molecule has 0 bridgehead atoms. The van der Waals surface area contributed by atoms with Crippen LogP contribution in [0.4, 0.5) is 13.2 Å². The first-order valence-electron chi connectivity index (χ1n) is 15.2. The normalized spacial score (nSPS) is 17.7. The monoisotopic (exact) mass is 666 g/mol. The van der Waals surface area contributed by atoms with Gasteiger partial charge in [-0.1, -0.05) is 43.6 Å². The number of carbonyl (C=O) groups is 1. The van der Waals surface area contributed by atoms with Crippen LogP contribution in [0.5, 0.6) is 11.5 Å². The van der Waals surface area contributed by atoms with Crippen molar-refractivity contribution < 1.29 is 37.3 Å². The smallest absolute Gasteiger partial charge is 0.290 e. The molecule has 5 aromatic rings. The number of hydrogen-bond donors (Lipinski definition) is 1. The van der Waals surface area contributed by atoms with Crippen molar-refractivity contribution in [3.05, 3.63) is 112 Å². The van der Waals surface area contributed by atoms with E-state index in [1.165, 1.54) is 24.3 Å². The Balaban J connectivity index is 0.000000822. The molecule has 2 atom stereocenters. The van der Waals surface area contributed by atoms with Gasteiger partial charge in [0.1, 0.15) is 23.3 Å². The summed E-state index contributed by atoms with van der Waals surface area (Å²) in [6.07, 6.45) is 0.950. The van der Waals surface area contributed by atoms with E-state index in [0.29, 0.717) is 30.3 Å². The summed E-state index contributed by atoms with van der Waals surface area (Å²) in [6, 6.07) is 17.7. The van der Waals surface area contributed by atoms with Crippen LogP contribution in [0.1, 0.15) is 49.7 Å². The molecular formula is C36H34ClF3N2O5. The Labute approximate surface area is 275 Å². The molecule has 3 heterocycles. The van der Waals surface area contributed by atoms with Gasteiger partial charge in [0.15, 0.2) is 11.5 Å². The van der Waals surface area contributed by atoms with Gasteiger partial charge in [0, 0.05) is 36.1 Å². The second-order valence-corrected chi connectivity index (χ2v) is 11.5. The molecule has 0 aliphatic carbocycles. The molecule has 7 rings (SSSR count). The van der Waals surface area contributed by atoms with Crippen molar-refractivity contribution in [1.29, 1.82) is 0 Å². The third-order valence-electron chi connectivity index (χ3n) is 7.95. The number of aromatic nitrogens is 2. The van der Waals surface area contributed by atoms with E-state index in [0.717, 1.165) is 23.0 Å². The minimum Gasteiger partial charge on any atom is -0.483 e. The van der Waals surface area contributed by atoms with Crippen molar-refractivity contribution in [2.75, 3.05) is 6.61 Å². The van der Waals surface area contributed by atoms with Gasteiger partial charge in [-0.25, -0.2) is 18.2 Å². The zero-order valence-electron chi connectivity index (χ0n) is 26.3. The van der Waals surface area contributed by atoms with Crippen LogP contribution in [0.25, 0.3) is 22.2 Å². The second kappa shape index (κ2) is 14.1. The van der Waals surface area contributed by atoms with Crippen LogP contribution < -0.4 is 9.47 Å². The molecule has 11 heteroatoms. The van der Waals surface area contributed by atoms with E-state index in [9.17, 15) is 4.39 Å². The van der Waals surface area contributed by atoms with Crippen molar-refractivity contribution in [1.82, 2.24) is 9.55 Å². The Morgan fingerprint density at radius 2 is 1.72 bits per heavy atom. The highest BCUT2D eigenvalue weighted by Gasteiger charge is 2.42. The fraction of sp³-hybridized carbons (Fsp3) is 0.278. The first kappa shape index (κ1) is 33.8. The Kier molecular flexibility index (Phi) is 10.1. The number of benzene rings is 4. The minimum absolute atomic E-state index is 0.0290. The third kappa shape index (κ3) is 6.80. The summed E-state index contributed by atoms with van der Waals surface area (Å²) < 4.78 is 66.0. The van der Waals surface area contributed by atoms with Gasteiger partial charge in [0.25, 0.3) is 12.3 Å². The molecule has 246 valence electrons. The molecule has 1 fully saturated rings. The largest absolute Gasteiger partial charge is 0.483 e. The Hall–Kier alpha value is -4.54. The summed E-state index contributed by atoms with van der Waals surface area (Å²) in [4.78, 5) is 13.1. The lowest BCUT2D eigenvalue weighted by molar-refractivity contribution is -0.122. The van der Waals surface area contributed by atoms with Crippen molar-refractivity contribution in [3.63, 3.8) is 0 Å². The Morgan fingerprint density at radius 1 is 1.02 bits per heavy atom. The number of rotatable bonds is 6. The van der Waals surface area contributed by atoms with Crippen LogP contribution >= 0.6 is 11.6 Å². The molecule has 0 saturated carbocycles. The Bertz CT molecular complexity index is 1900. The lowest BCUT2D eigenvalue weighted by atomic mass is 10.00. The maximum atomic E-state index is 15.7. The van der Waals surface area contributed by atoms with Crippen LogP contribution in [0.2, 0.25) is 5.02 Å². The number of nitrogens with zero attached hydrogens (tertiary/aromatic N) is 2. The third-order valence-corrected chi connectivity index (χ3v) is 8.19. The molecule has 47 heavy (non-hydrogen) atoms. The van der Waals surface area contributed by atoms with Gasteiger partial charge in [-0.15, -0.1) is 0 Å². The molecule has 0 radical (unpaired) electrons. The standard InChI is InChI=1S/C33H26ClF3N2O3.C2H6.CH2O2/c1-18-6-9-28-29(12-18)39(17-21-10-11-40-21)31(38-28)16-23-25(35)13-19(14-26(23)36)22-4-3-5-30-32(22)42-33(2,41-30)24-8-7-20(34)15-27(24)37;1-2;2-1-3/h3-9,12-15,21H,10-11,16-17H2,1-2H3;1-2H3;1H,(H,2,3). The highest BCUT2D eigenvalue weighted by Crippen LogP contribution is 2.50. The number of fused-ring (bicyclic) bond motifs is 2. The lowest BCUT2D eigenvalue weighted by Gasteiger charge is -2.27. The van der Waals surface area contributed by atoms with Gasteiger partial charge in [-0.05, 0) is 73.0 Å². The lowest BCUT2D eigenvalue weighted by Crippen LogP contribution is -2.32. The van der Waals surface area contributed by atoms with Crippen LogP contribution in [0.15, 0.2) is 66.7 Å². The molecule has 2 aliphatic rings. The molecule has 1 aromatic heterocycles. The molecule has 0 amide bonds. The topological polar surface area (TPSA) is 82.8 Å². The molecule has 4 aromatic carbocycles. The predicted molar refractivity (Wildman–Crippen MR) is 173 cm³/mol. The Morgan fingerprint density at radius 3 is 2.36 bits per heavy atom. The van der Waals surface area contributed by atoms with E-state index in [1.807, 2.05) is 43.5 Å². The van der Waals surface area contributed by atoms with E-state index < -0.39 is 23.2 Å². The molecule has 1 saturated heterocycles. The molecule has 7 nitrogen and oxygen atoms in total.